The first-order valence-corrected chi connectivity index (χ1v) is 13.2. The number of rotatable bonds is 6. The number of nitrogens with zero attached hydrogens (tertiary/aromatic N) is 1. The Balaban J connectivity index is 1.33. The van der Waals surface area contributed by atoms with E-state index in [0.29, 0.717) is 11.1 Å². The first-order chi connectivity index (χ1) is 19.2. The van der Waals surface area contributed by atoms with E-state index in [1.165, 1.54) is 11.7 Å². The van der Waals surface area contributed by atoms with Crippen LogP contribution < -0.4 is 5.32 Å². The molecule has 1 N–H and O–H groups in total. The zero-order chi connectivity index (χ0) is 28.4. The van der Waals surface area contributed by atoms with Gasteiger partial charge in [0.25, 0.3) is 0 Å². The first kappa shape index (κ1) is 27.0. The van der Waals surface area contributed by atoms with Crippen LogP contribution in [0.4, 0.5) is 9.59 Å². The Morgan fingerprint density at radius 3 is 2.12 bits per heavy atom. The highest BCUT2D eigenvalue weighted by atomic mass is 16.6. The molecular formula is C32H32N2O6. The van der Waals surface area contributed by atoms with Crippen molar-refractivity contribution in [2.75, 3.05) is 13.7 Å². The summed E-state index contributed by atoms with van der Waals surface area (Å²) in [7, 11) is 1.26. The van der Waals surface area contributed by atoms with Crippen LogP contribution in [-0.2, 0) is 25.4 Å². The Bertz CT molecular complexity index is 1540. The number of carbonyl (C=O) groups excluding carboxylic acids is 3. The van der Waals surface area contributed by atoms with Crippen LogP contribution in [0.25, 0.3) is 22.0 Å². The van der Waals surface area contributed by atoms with Crippen molar-refractivity contribution in [1.82, 2.24) is 9.88 Å². The molecule has 3 aromatic carbocycles. The lowest BCUT2D eigenvalue weighted by Gasteiger charge is -2.19. The molecule has 5 rings (SSSR count). The van der Waals surface area contributed by atoms with Crippen LogP contribution >= 0.6 is 0 Å². The minimum Gasteiger partial charge on any atom is -0.467 e. The molecule has 0 unspecified atom stereocenters. The number of nitrogens with one attached hydrogen (secondary N) is 1. The number of hydrogen-bond donors (Lipinski definition) is 1. The molecule has 0 aliphatic heterocycles. The molecule has 1 heterocycles. The Kier molecular flexibility index (Phi) is 7.34. The zero-order valence-electron chi connectivity index (χ0n) is 23.0. The molecule has 1 aliphatic rings. The summed E-state index contributed by atoms with van der Waals surface area (Å²) in [5.74, 6) is -0.732. The van der Waals surface area contributed by atoms with E-state index in [1.54, 1.807) is 33.0 Å². The lowest BCUT2D eigenvalue weighted by atomic mass is 9.98. The maximum absolute atomic E-state index is 13.0. The van der Waals surface area contributed by atoms with Gasteiger partial charge in [-0.2, -0.15) is 0 Å². The maximum Gasteiger partial charge on any atom is 0.419 e. The van der Waals surface area contributed by atoms with E-state index in [2.05, 4.69) is 17.4 Å². The van der Waals surface area contributed by atoms with Gasteiger partial charge in [-0.05, 0) is 54.7 Å². The molecule has 0 spiro atoms. The smallest absolute Gasteiger partial charge is 0.419 e. The predicted molar refractivity (Wildman–Crippen MR) is 151 cm³/mol. The van der Waals surface area contributed by atoms with Gasteiger partial charge in [0.15, 0.2) is 0 Å². The number of fused-ring (bicyclic) bond motifs is 4. The number of aromatic nitrogens is 1. The van der Waals surface area contributed by atoms with E-state index in [1.807, 2.05) is 54.6 Å². The van der Waals surface area contributed by atoms with Gasteiger partial charge in [0, 0.05) is 23.9 Å². The molecule has 206 valence electrons. The number of para-hydroxylation sites is 1. The van der Waals surface area contributed by atoms with Crippen LogP contribution in [-0.4, -0.2) is 48.1 Å². The maximum atomic E-state index is 13.0. The summed E-state index contributed by atoms with van der Waals surface area (Å²) in [6.07, 6.45) is 0.462. The minimum atomic E-state index is -1.03. The summed E-state index contributed by atoms with van der Waals surface area (Å²) in [5.41, 5.74) is 5.07. The molecule has 1 aliphatic carbocycles. The van der Waals surface area contributed by atoms with Crippen LogP contribution in [0.15, 0.2) is 79.0 Å². The molecule has 8 heteroatoms. The molecule has 8 nitrogen and oxygen atoms in total. The van der Waals surface area contributed by atoms with Gasteiger partial charge in [-0.15, -0.1) is 0 Å². The summed E-state index contributed by atoms with van der Waals surface area (Å²) < 4.78 is 17.6. The zero-order valence-corrected chi connectivity index (χ0v) is 23.0. The third-order valence-electron chi connectivity index (χ3n) is 6.93. The molecule has 40 heavy (non-hydrogen) atoms. The van der Waals surface area contributed by atoms with E-state index in [4.69, 9.17) is 14.2 Å². The van der Waals surface area contributed by atoms with Crippen molar-refractivity contribution >= 4 is 29.1 Å². The van der Waals surface area contributed by atoms with Crippen LogP contribution in [0.1, 0.15) is 43.4 Å². The molecule has 0 bridgehead atoms. The molecule has 0 radical (unpaired) electrons. The van der Waals surface area contributed by atoms with Crippen LogP contribution in [0.5, 0.6) is 0 Å². The second-order valence-electron chi connectivity index (χ2n) is 10.8. The van der Waals surface area contributed by atoms with Gasteiger partial charge < -0.3 is 19.5 Å². The number of alkyl carbamates (subject to hydrolysis) is 1. The van der Waals surface area contributed by atoms with E-state index in [-0.39, 0.29) is 18.9 Å². The summed E-state index contributed by atoms with van der Waals surface area (Å²) >= 11 is 0. The monoisotopic (exact) mass is 540 g/mol. The van der Waals surface area contributed by atoms with Crippen molar-refractivity contribution in [1.29, 1.82) is 0 Å². The number of esters is 1. The summed E-state index contributed by atoms with van der Waals surface area (Å²) in [5, 5.41) is 3.43. The molecular weight excluding hydrogens is 508 g/mol. The lowest BCUT2D eigenvalue weighted by Crippen LogP contribution is -2.43. The van der Waals surface area contributed by atoms with Crippen molar-refractivity contribution in [2.24, 2.45) is 0 Å². The Morgan fingerprint density at radius 1 is 0.900 bits per heavy atom. The summed E-state index contributed by atoms with van der Waals surface area (Å²) in [4.78, 5) is 38.6. The lowest BCUT2D eigenvalue weighted by molar-refractivity contribution is -0.142. The second kappa shape index (κ2) is 10.9. The quantitative estimate of drug-likeness (QED) is 0.236. The van der Waals surface area contributed by atoms with Gasteiger partial charge in [0.2, 0.25) is 0 Å². The molecule has 0 fully saturated rings. The minimum absolute atomic E-state index is 0.0905. The van der Waals surface area contributed by atoms with Gasteiger partial charge in [0.1, 0.15) is 18.2 Å². The molecule has 0 saturated heterocycles. The number of carbonyl (C=O) groups is 3. The van der Waals surface area contributed by atoms with Gasteiger partial charge in [-0.25, -0.2) is 14.4 Å². The number of ether oxygens (including phenoxy) is 3. The molecule has 0 saturated carbocycles. The Hall–Kier alpha value is -4.59. The number of hydrogen-bond acceptors (Lipinski definition) is 6. The van der Waals surface area contributed by atoms with E-state index < -0.39 is 29.8 Å². The fourth-order valence-electron chi connectivity index (χ4n) is 5.21. The highest BCUT2D eigenvalue weighted by Gasteiger charge is 2.30. The van der Waals surface area contributed by atoms with Crippen molar-refractivity contribution in [3.8, 4) is 11.1 Å². The fraction of sp³-hybridized carbons (Fsp3) is 0.281. The SMILES string of the molecule is COC(=O)[C@H](Cc1cn(C(=O)OC(C)(C)C)c2ccccc12)NC(=O)OCC1c2ccccc2-c2ccccc21. The topological polar surface area (TPSA) is 95.9 Å². The predicted octanol–water partition coefficient (Wildman–Crippen LogP) is 6.05. The third-order valence-corrected chi connectivity index (χ3v) is 6.93. The standard InChI is InChI=1S/C32H32N2O6/c1-32(2,3)40-31(37)34-18-20(21-11-9-10-16-28(21)34)17-27(29(35)38-4)33-30(36)39-19-26-24-14-7-5-12-22(24)23-13-6-8-15-25(23)26/h5-16,18,26-27H,17,19H2,1-4H3,(H,33,36)/t27-/m0/s1. The summed E-state index contributed by atoms with van der Waals surface area (Å²) in [6.45, 7) is 5.50. The van der Waals surface area contributed by atoms with Gasteiger partial charge >= 0.3 is 18.2 Å². The van der Waals surface area contributed by atoms with Crippen LogP contribution in [0.3, 0.4) is 0 Å². The largest absolute Gasteiger partial charge is 0.467 e. The van der Waals surface area contributed by atoms with E-state index in [9.17, 15) is 14.4 Å². The highest BCUT2D eigenvalue weighted by Crippen LogP contribution is 2.44. The molecule has 1 amide bonds. The summed E-state index contributed by atoms with van der Waals surface area (Å²) in [6, 6.07) is 22.4. The Labute approximate surface area is 232 Å². The fourth-order valence-corrected chi connectivity index (χ4v) is 5.21. The van der Waals surface area contributed by atoms with Crippen molar-refractivity contribution < 1.29 is 28.6 Å². The van der Waals surface area contributed by atoms with Crippen LogP contribution in [0, 0.1) is 0 Å². The van der Waals surface area contributed by atoms with E-state index in [0.717, 1.165) is 27.6 Å². The average Bonchev–Trinajstić information content (AvgIpc) is 3.46. The molecule has 4 aromatic rings. The number of amides is 1. The third kappa shape index (κ3) is 5.43. The highest BCUT2D eigenvalue weighted by molar-refractivity contribution is 5.93. The number of benzene rings is 3. The Morgan fingerprint density at radius 2 is 1.50 bits per heavy atom. The normalized spacial score (nSPS) is 13.3. The number of methoxy groups -OCH3 is 1. The molecule has 1 aromatic heterocycles. The van der Waals surface area contributed by atoms with Crippen LogP contribution in [0.2, 0.25) is 0 Å². The van der Waals surface area contributed by atoms with Gasteiger partial charge in [-0.3, -0.25) is 4.57 Å². The van der Waals surface area contributed by atoms with Crippen molar-refractivity contribution in [3.05, 3.63) is 95.7 Å². The van der Waals surface area contributed by atoms with Gasteiger partial charge in [-0.1, -0.05) is 66.7 Å². The van der Waals surface area contributed by atoms with Crippen molar-refractivity contribution in [3.63, 3.8) is 0 Å². The average molecular weight is 541 g/mol. The van der Waals surface area contributed by atoms with Crippen molar-refractivity contribution in [2.45, 2.75) is 44.8 Å². The van der Waals surface area contributed by atoms with E-state index >= 15 is 0 Å². The first-order valence-electron chi connectivity index (χ1n) is 13.2. The van der Waals surface area contributed by atoms with Gasteiger partial charge in [0.05, 0.1) is 12.6 Å². The second-order valence-corrected chi connectivity index (χ2v) is 10.8. The molecule has 1 atom stereocenters.